The fraction of sp³-hybridized carbons (Fsp3) is 0.0769. The molecule has 2 aromatic rings. The number of nitrogens with one attached hydrogen (secondary N) is 1. The molecule has 1 heterocycles. The molecule has 0 fully saturated rings. The number of carbonyl (C=O) groups is 1. The van der Waals surface area contributed by atoms with Crippen molar-refractivity contribution in [3.8, 4) is 0 Å². The fourth-order valence-electron chi connectivity index (χ4n) is 1.62. The molecule has 0 aliphatic carbocycles. The van der Waals surface area contributed by atoms with Crippen molar-refractivity contribution in [3.05, 3.63) is 52.6 Å². The first-order valence-corrected chi connectivity index (χ1v) is 5.77. The van der Waals surface area contributed by atoms with Crippen LogP contribution in [0.15, 0.2) is 30.5 Å². The number of aromatic carboxylic acids is 1. The van der Waals surface area contributed by atoms with Gasteiger partial charge in [-0.05, 0) is 36.8 Å². The van der Waals surface area contributed by atoms with Gasteiger partial charge < -0.3 is 10.4 Å². The van der Waals surface area contributed by atoms with Crippen molar-refractivity contribution in [2.75, 3.05) is 5.32 Å². The van der Waals surface area contributed by atoms with Gasteiger partial charge in [0.2, 0.25) is 0 Å². The fourth-order valence-corrected chi connectivity index (χ4v) is 1.78. The molecule has 2 N–H and O–H groups in total. The Kier molecular flexibility index (Phi) is 3.66. The second kappa shape index (κ2) is 5.24. The number of carboxylic acid groups (broad SMARTS) is 1. The van der Waals surface area contributed by atoms with Gasteiger partial charge in [-0.2, -0.15) is 0 Å². The molecule has 2 rings (SSSR count). The third-order valence-electron chi connectivity index (χ3n) is 2.56. The van der Waals surface area contributed by atoms with Crippen LogP contribution in [0.2, 0.25) is 5.15 Å². The Hall–Kier alpha value is -2.14. The molecule has 0 aliphatic heterocycles. The van der Waals surface area contributed by atoms with Crippen LogP contribution in [-0.4, -0.2) is 16.1 Å². The highest BCUT2D eigenvalue weighted by atomic mass is 35.5. The summed E-state index contributed by atoms with van der Waals surface area (Å²) in [5, 5.41) is 12.1. The lowest BCUT2D eigenvalue weighted by Crippen LogP contribution is -2.04. The Morgan fingerprint density at radius 3 is 2.74 bits per heavy atom. The molecule has 0 saturated carbocycles. The molecule has 0 aliphatic rings. The molecule has 0 radical (unpaired) electrons. The molecule has 0 atom stereocenters. The Balaban J connectivity index is 2.40. The summed E-state index contributed by atoms with van der Waals surface area (Å²) < 4.78 is 13.0. The van der Waals surface area contributed by atoms with Crippen LogP contribution in [0.25, 0.3) is 0 Å². The summed E-state index contributed by atoms with van der Waals surface area (Å²) in [5.41, 5.74) is 1.56. The molecule has 19 heavy (non-hydrogen) atoms. The summed E-state index contributed by atoms with van der Waals surface area (Å²) >= 11 is 5.66. The van der Waals surface area contributed by atoms with Gasteiger partial charge in [-0.25, -0.2) is 14.2 Å². The third kappa shape index (κ3) is 3.00. The minimum Gasteiger partial charge on any atom is -0.478 e. The number of pyridine rings is 1. The second-order valence-electron chi connectivity index (χ2n) is 3.94. The molecule has 0 unspecified atom stereocenters. The summed E-state index contributed by atoms with van der Waals surface area (Å²) in [6.07, 6.45) is 1.33. The predicted molar refractivity (Wildman–Crippen MR) is 70.6 cm³/mol. The van der Waals surface area contributed by atoms with Gasteiger partial charge in [0.1, 0.15) is 11.0 Å². The number of rotatable bonds is 3. The van der Waals surface area contributed by atoms with E-state index in [9.17, 15) is 9.18 Å². The number of hydrogen-bond acceptors (Lipinski definition) is 3. The Bertz CT molecular complexity index is 647. The van der Waals surface area contributed by atoms with Gasteiger partial charge in [-0.1, -0.05) is 11.6 Å². The number of benzene rings is 1. The molecular weight excluding hydrogens is 271 g/mol. The summed E-state index contributed by atoms with van der Waals surface area (Å²) in [7, 11) is 0. The van der Waals surface area contributed by atoms with Gasteiger partial charge in [0.05, 0.1) is 17.4 Å². The second-order valence-corrected chi connectivity index (χ2v) is 4.33. The molecule has 1 aromatic heterocycles. The SMILES string of the molecule is Cc1cc(F)ccc1Nc1cnc(Cl)cc1C(=O)O. The van der Waals surface area contributed by atoms with Crippen LogP contribution < -0.4 is 5.32 Å². The topological polar surface area (TPSA) is 62.2 Å². The summed E-state index contributed by atoms with van der Waals surface area (Å²) in [6, 6.07) is 5.43. The lowest BCUT2D eigenvalue weighted by Gasteiger charge is -2.11. The van der Waals surface area contributed by atoms with Gasteiger partial charge in [0.15, 0.2) is 0 Å². The van der Waals surface area contributed by atoms with Crippen LogP contribution in [0.4, 0.5) is 15.8 Å². The van der Waals surface area contributed by atoms with Crippen molar-refractivity contribution in [3.63, 3.8) is 0 Å². The van der Waals surface area contributed by atoms with Crippen LogP contribution in [0, 0.1) is 12.7 Å². The van der Waals surface area contributed by atoms with Crippen LogP contribution >= 0.6 is 11.6 Å². The van der Waals surface area contributed by atoms with E-state index in [1.165, 1.54) is 30.5 Å². The summed E-state index contributed by atoms with van der Waals surface area (Å²) in [4.78, 5) is 14.9. The Morgan fingerprint density at radius 1 is 1.37 bits per heavy atom. The summed E-state index contributed by atoms with van der Waals surface area (Å²) in [5.74, 6) is -1.47. The van der Waals surface area contributed by atoms with Gasteiger partial charge in [-0.15, -0.1) is 0 Å². The number of aryl methyl sites for hydroxylation is 1. The average Bonchev–Trinajstić information content (AvgIpc) is 2.34. The molecule has 1 aromatic carbocycles. The molecule has 0 saturated heterocycles. The predicted octanol–water partition coefficient (Wildman–Crippen LogP) is 3.62. The highest BCUT2D eigenvalue weighted by molar-refractivity contribution is 6.29. The maximum absolute atomic E-state index is 13.0. The van der Waals surface area contributed by atoms with Crippen LogP contribution in [-0.2, 0) is 0 Å². The number of halogens is 2. The lowest BCUT2D eigenvalue weighted by molar-refractivity contribution is 0.0698. The quantitative estimate of drug-likeness (QED) is 0.843. The molecule has 98 valence electrons. The zero-order valence-corrected chi connectivity index (χ0v) is 10.7. The first kappa shape index (κ1) is 13.3. The number of aromatic nitrogens is 1. The van der Waals surface area contributed by atoms with Gasteiger partial charge >= 0.3 is 5.97 Å². The molecular formula is C13H10ClFN2O2. The number of anilines is 2. The van der Waals surface area contributed by atoms with E-state index in [-0.39, 0.29) is 16.5 Å². The number of carboxylic acids is 1. The van der Waals surface area contributed by atoms with Crippen molar-refractivity contribution < 1.29 is 14.3 Å². The smallest absolute Gasteiger partial charge is 0.337 e. The van der Waals surface area contributed by atoms with Crippen molar-refractivity contribution >= 4 is 28.9 Å². The standard InChI is InChI=1S/C13H10ClFN2O2/c1-7-4-8(15)2-3-10(7)17-11-6-16-12(14)5-9(11)13(18)19/h2-6,17H,1H3,(H,18,19). The monoisotopic (exact) mass is 280 g/mol. The van der Waals surface area contributed by atoms with Gasteiger partial charge in [-0.3, -0.25) is 0 Å². The van der Waals surface area contributed by atoms with E-state index >= 15 is 0 Å². The van der Waals surface area contributed by atoms with Crippen LogP contribution in [0.1, 0.15) is 15.9 Å². The zero-order valence-electron chi connectivity index (χ0n) is 9.95. The zero-order chi connectivity index (χ0) is 14.0. The Labute approximate surface area is 113 Å². The van der Waals surface area contributed by atoms with E-state index < -0.39 is 5.97 Å². The van der Waals surface area contributed by atoms with E-state index in [4.69, 9.17) is 16.7 Å². The third-order valence-corrected chi connectivity index (χ3v) is 2.77. The summed E-state index contributed by atoms with van der Waals surface area (Å²) in [6.45, 7) is 1.72. The van der Waals surface area contributed by atoms with Crippen LogP contribution in [0.3, 0.4) is 0 Å². The van der Waals surface area contributed by atoms with Crippen molar-refractivity contribution in [2.45, 2.75) is 6.92 Å². The average molecular weight is 281 g/mol. The highest BCUT2D eigenvalue weighted by Crippen LogP contribution is 2.25. The van der Waals surface area contributed by atoms with Gasteiger partial charge in [0.25, 0.3) is 0 Å². The first-order chi connectivity index (χ1) is 8.97. The number of nitrogens with zero attached hydrogens (tertiary/aromatic N) is 1. The number of hydrogen-bond donors (Lipinski definition) is 2. The minimum atomic E-state index is -1.12. The molecule has 4 nitrogen and oxygen atoms in total. The Morgan fingerprint density at radius 2 is 2.11 bits per heavy atom. The maximum atomic E-state index is 13.0. The van der Waals surface area contributed by atoms with Crippen molar-refractivity contribution in [1.29, 1.82) is 0 Å². The van der Waals surface area contributed by atoms with E-state index in [0.29, 0.717) is 16.9 Å². The normalized spacial score (nSPS) is 10.3. The highest BCUT2D eigenvalue weighted by Gasteiger charge is 2.12. The van der Waals surface area contributed by atoms with E-state index in [1.54, 1.807) is 6.92 Å². The minimum absolute atomic E-state index is 0.00345. The molecule has 0 amide bonds. The van der Waals surface area contributed by atoms with E-state index in [2.05, 4.69) is 10.3 Å². The van der Waals surface area contributed by atoms with E-state index in [1.807, 2.05) is 0 Å². The van der Waals surface area contributed by atoms with Gasteiger partial charge in [0, 0.05) is 5.69 Å². The van der Waals surface area contributed by atoms with Crippen molar-refractivity contribution in [1.82, 2.24) is 4.98 Å². The molecule has 6 heteroatoms. The van der Waals surface area contributed by atoms with Crippen molar-refractivity contribution in [2.24, 2.45) is 0 Å². The lowest BCUT2D eigenvalue weighted by atomic mass is 10.1. The largest absolute Gasteiger partial charge is 0.478 e. The molecule has 0 bridgehead atoms. The maximum Gasteiger partial charge on any atom is 0.337 e. The van der Waals surface area contributed by atoms with E-state index in [0.717, 1.165) is 0 Å². The first-order valence-electron chi connectivity index (χ1n) is 5.39. The molecule has 0 spiro atoms. The van der Waals surface area contributed by atoms with Crippen LogP contribution in [0.5, 0.6) is 0 Å².